The number of nitrogens with zero attached hydrogens (tertiary/aromatic N) is 2. The van der Waals surface area contributed by atoms with Crippen LogP contribution in [-0.4, -0.2) is 55.4 Å². The first kappa shape index (κ1) is 19.4. The number of aromatic nitrogens is 1. The third-order valence-corrected chi connectivity index (χ3v) is 4.63. The molecule has 1 saturated heterocycles. The van der Waals surface area contributed by atoms with Gasteiger partial charge in [0.1, 0.15) is 23.7 Å². The van der Waals surface area contributed by atoms with Crippen LogP contribution in [0.1, 0.15) is 34.3 Å². The van der Waals surface area contributed by atoms with Gasteiger partial charge in [0.2, 0.25) is 0 Å². The molecule has 0 saturated carbocycles. The van der Waals surface area contributed by atoms with Gasteiger partial charge in [0.15, 0.2) is 0 Å². The second kappa shape index (κ2) is 9.53. The fourth-order valence-corrected chi connectivity index (χ4v) is 3.08. The van der Waals surface area contributed by atoms with Crippen molar-refractivity contribution in [2.75, 3.05) is 39.5 Å². The van der Waals surface area contributed by atoms with E-state index in [2.05, 4.69) is 15.4 Å². The summed E-state index contributed by atoms with van der Waals surface area (Å²) in [6, 6.07) is 7.80. The van der Waals surface area contributed by atoms with E-state index in [1.54, 1.807) is 6.92 Å². The van der Waals surface area contributed by atoms with Gasteiger partial charge in [0.05, 0.1) is 18.9 Å². The summed E-state index contributed by atoms with van der Waals surface area (Å²) in [5, 5.41) is 6.86. The van der Waals surface area contributed by atoms with Crippen molar-refractivity contribution in [1.82, 2.24) is 15.4 Å². The number of carbonyl (C=O) groups is 1. The molecule has 3 rings (SSSR count). The van der Waals surface area contributed by atoms with Crippen LogP contribution < -0.4 is 10.1 Å². The van der Waals surface area contributed by atoms with Gasteiger partial charge in [0.25, 0.3) is 5.91 Å². The second-order valence-electron chi connectivity index (χ2n) is 6.55. The highest BCUT2D eigenvalue weighted by Gasteiger charge is 2.18. The molecule has 2 heterocycles. The smallest absolute Gasteiger partial charge is 0.257 e. The Morgan fingerprint density at radius 1 is 1.33 bits per heavy atom. The maximum atomic E-state index is 12.5. The molecule has 7 heteroatoms. The molecule has 1 aromatic heterocycles. The largest absolute Gasteiger partial charge is 0.492 e. The van der Waals surface area contributed by atoms with Crippen LogP contribution >= 0.6 is 0 Å². The van der Waals surface area contributed by atoms with Gasteiger partial charge in [-0.15, -0.1) is 0 Å². The maximum Gasteiger partial charge on any atom is 0.257 e. The Kier molecular flexibility index (Phi) is 6.84. The Labute approximate surface area is 159 Å². The first-order valence-electron chi connectivity index (χ1n) is 9.42. The molecule has 27 heavy (non-hydrogen) atoms. The minimum Gasteiger partial charge on any atom is -0.492 e. The normalized spacial score (nSPS) is 14.9. The summed E-state index contributed by atoms with van der Waals surface area (Å²) in [7, 11) is 0. The predicted molar refractivity (Wildman–Crippen MR) is 101 cm³/mol. The molecule has 1 aliphatic rings. The van der Waals surface area contributed by atoms with Crippen molar-refractivity contribution in [2.24, 2.45) is 0 Å². The fourth-order valence-electron chi connectivity index (χ4n) is 3.08. The topological polar surface area (TPSA) is 76.8 Å². The first-order chi connectivity index (χ1) is 13.2. The summed E-state index contributed by atoms with van der Waals surface area (Å²) in [6.07, 6.45) is 0.659. The monoisotopic (exact) mass is 373 g/mol. The summed E-state index contributed by atoms with van der Waals surface area (Å²) >= 11 is 0. The zero-order valence-electron chi connectivity index (χ0n) is 16.0. The molecule has 1 aromatic carbocycles. The Bertz CT molecular complexity index is 753. The number of aryl methyl sites for hydroxylation is 2. The minimum absolute atomic E-state index is 0.163. The van der Waals surface area contributed by atoms with Crippen molar-refractivity contribution in [3.8, 4) is 5.75 Å². The maximum absolute atomic E-state index is 12.5. The highest BCUT2D eigenvalue weighted by Crippen LogP contribution is 2.16. The van der Waals surface area contributed by atoms with Gasteiger partial charge in [-0.2, -0.15) is 0 Å². The Hall–Kier alpha value is -2.38. The van der Waals surface area contributed by atoms with Crippen molar-refractivity contribution >= 4 is 5.91 Å². The van der Waals surface area contributed by atoms with Crippen LogP contribution in [0.2, 0.25) is 0 Å². The fraction of sp³-hybridized carbons (Fsp3) is 0.500. The van der Waals surface area contributed by atoms with Crippen LogP contribution in [0.3, 0.4) is 0 Å². The summed E-state index contributed by atoms with van der Waals surface area (Å²) < 4.78 is 16.3. The van der Waals surface area contributed by atoms with E-state index in [1.165, 1.54) is 0 Å². The first-order valence-corrected chi connectivity index (χ1v) is 9.42. The van der Waals surface area contributed by atoms with Crippen molar-refractivity contribution in [3.63, 3.8) is 0 Å². The quantitative estimate of drug-likeness (QED) is 0.764. The highest BCUT2D eigenvalue weighted by atomic mass is 16.5. The number of benzene rings is 1. The molecule has 0 spiro atoms. The second-order valence-corrected chi connectivity index (χ2v) is 6.55. The molecule has 0 aliphatic carbocycles. The van der Waals surface area contributed by atoms with Crippen LogP contribution in [0, 0.1) is 6.92 Å². The third-order valence-electron chi connectivity index (χ3n) is 4.63. The average molecular weight is 373 g/mol. The van der Waals surface area contributed by atoms with Gasteiger partial charge in [-0.1, -0.05) is 24.2 Å². The molecule has 7 nitrogen and oxygen atoms in total. The predicted octanol–water partition coefficient (Wildman–Crippen LogP) is 2.19. The molecule has 0 atom stereocenters. The third kappa shape index (κ3) is 5.30. The Morgan fingerprint density at radius 3 is 2.93 bits per heavy atom. The summed E-state index contributed by atoms with van der Waals surface area (Å²) in [5.41, 5.74) is 2.21. The molecule has 1 aliphatic heterocycles. The number of nitrogens with one attached hydrogen (secondary N) is 1. The number of carbonyl (C=O) groups excluding carboxylic acids is 1. The number of morpholine rings is 1. The van der Waals surface area contributed by atoms with Gasteiger partial charge >= 0.3 is 0 Å². The standard InChI is InChI=1S/C20H27N3O4/c1-3-18-19(15(2)27-22-18)20(24)21-14-16-5-4-6-17(13-16)26-12-9-23-7-10-25-11-8-23/h4-6,13H,3,7-12,14H2,1-2H3,(H,21,24). The van der Waals surface area contributed by atoms with Crippen LogP contribution in [0.4, 0.5) is 0 Å². The van der Waals surface area contributed by atoms with Gasteiger partial charge in [-0.3, -0.25) is 9.69 Å². The van der Waals surface area contributed by atoms with E-state index in [1.807, 2.05) is 31.2 Å². The number of hydrogen-bond acceptors (Lipinski definition) is 6. The molecule has 1 fully saturated rings. The molecular formula is C20H27N3O4. The van der Waals surface area contributed by atoms with Crippen molar-refractivity contribution in [1.29, 1.82) is 0 Å². The van der Waals surface area contributed by atoms with E-state index in [0.717, 1.165) is 44.2 Å². The molecular weight excluding hydrogens is 346 g/mol. The van der Waals surface area contributed by atoms with Gasteiger partial charge in [-0.25, -0.2) is 0 Å². The molecule has 0 bridgehead atoms. The molecule has 0 unspecified atom stereocenters. The van der Waals surface area contributed by atoms with E-state index in [9.17, 15) is 4.79 Å². The number of rotatable bonds is 8. The lowest BCUT2D eigenvalue weighted by Gasteiger charge is -2.26. The zero-order valence-corrected chi connectivity index (χ0v) is 16.0. The van der Waals surface area contributed by atoms with Crippen LogP contribution in [0.15, 0.2) is 28.8 Å². The molecule has 1 amide bonds. The van der Waals surface area contributed by atoms with E-state index >= 15 is 0 Å². The van der Waals surface area contributed by atoms with Crippen molar-refractivity contribution < 1.29 is 18.8 Å². The van der Waals surface area contributed by atoms with Crippen molar-refractivity contribution in [2.45, 2.75) is 26.8 Å². The lowest BCUT2D eigenvalue weighted by molar-refractivity contribution is 0.0322. The summed E-state index contributed by atoms with van der Waals surface area (Å²) in [5.74, 6) is 1.19. The van der Waals surface area contributed by atoms with E-state index in [4.69, 9.17) is 14.0 Å². The molecule has 2 aromatic rings. The lowest BCUT2D eigenvalue weighted by Crippen LogP contribution is -2.38. The van der Waals surface area contributed by atoms with Crippen LogP contribution in [-0.2, 0) is 17.7 Å². The Balaban J connectivity index is 1.49. The molecule has 146 valence electrons. The van der Waals surface area contributed by atoms with E-state index in [-0.39, 0.29) is 5.91 Å². The van der Waals surface area contributed by atoms with Gasteiger partial charge in [0, 0.05) is 26.2 Å². The van der Waals surface area contributed by atoms with Gasteiger partial charge < -0.3 is 19.3 Å². The summed E-state index contributed by atoms with van der Waals surface area (Å²) in [6.45, 7) is 9.14. The van der Waals surface area contributed by atoms with Gasteiger partial charge in [-0.05, 0) is 31.0 Å². The van der Waals surface area contributed by atoms with E-state index in [0.29, 0.717) is 36.6 Å². The minimum atomic E-state index is -0.163. The number of hydrogen-bond donors (Lipinski definition) is 1. The molecule has 0 radical (unpaired) electrons. The molecule has 1 N–H and O–H groups in total. The number of amides is 1. The lowest BCUT2D eigenvalue weighted by atomic mass is 10.1. The Morgan fingerprint density at radius 2 is 2.15 bits per heavy atom. The highest BCUT2D eigenvalue weighted by molar-refractivity contribution is 5.96. The SMILES string of the molecule is CCc1noc(C)c1C(=O)NCc1cccc(OCCN2CCOCC2)c1. The summed E-state index contributed by atoms with van der Waals surface area (Å²) in [4.78, 5) is 14.8. The van der Waals surface area contributed by atoms with Crippen molar-refractivity contribution in [3.05, 3.63) is 46.8 Å². The van der Waals surface area contributed by atoms with Crippen LogP contribution in [0.25, 0.3) is 0 Å². The zero-order chi connectivity index (χ0) is 19.1. The van der Waals surface area contributed by atoms with E-state index < -0.39 is 0 Å². The van der Waals surface area contributed by atoms with Crippen LogP contribution in [0.5, 0.6) is 5.75 Å². The average Bonchev–Trinajstić information content (AvgIpc) is 3.08. The number of ether oxygens (including phenoxy) is 2.